The van der Waals surface area contributed by atoms with Gasteiger partial charge in [-0.1, -0.05) is 5.57 Å². The standard InChI is InChI=1S/C12H16O5/c1-7-2-3-8(6-11(15)16)12(17)9(7)4-5-10(13)14/h8H,2-6H2,1H3,(H,13,14)(H,15,16). The number of carbonyl (C=O) groups is 3. The van der Waals surface area contributed by atoms with Gasteiger partial charge in [-0.05, 0) is 31.8 Å². The molecule has 0 aromatic carbocycles. The third kappa shape index (κ3) is 3.69. The molecule has 1 rings (SSSR count). The molecule has 1 atom stereocenters. The second-order valence-electron chi connectivity index (χ2n) is 4.35. The Morgan fingerprint density at radius 3 is 2.47 bits per heavy atom. The second-order valence-corrected chi connectivity index (χ2v) is 4.35. The SMILES string of the molecule is CC1=C(CCC(=O)O)C(=O)C(CC(=O)O)CC1. The molecule has 5 nitrogen and oxygen atoms in total. The van der Waals surface area contributed by atoms with Crippen molar-refractivity contribution in [1.29, 1.82) is 0 Å². The number of aliphatic carboxylic acids is 2. The first-order valence-corrected chi connectivity index (χ1v) is 5.58. The molecule has 1 aliphatic rings. The maximum atomic E-state index is 12.0. The van der Waals surface area contributed by atoms with Crippen LogP contribution in [-0.2, 0) is 14.4 Å². The molecular weight excluding hydrogens is 224 g/mol. The lowest BCUT2D eigenvalue weighted by Gasteiger charge is -2.23. The third-order valence-electron chi connectivity index (χ3n) is 3.06. The van der Waals surface area contributed by atoms with Gasteiger partial charge in [0.2, 0.25) is 0 Å². The van der Waals surface area contributed by atoms with Crippen LogP contribution in [0.1, 0.15) is 39.0 Å². The lowest BCUT2D eigenvalue weighted by Crippen LogP contribution is -2.25. The highest BCUT2D eigenvalue weighted by Crippen LogP contribution is 2.30. The zero-order valence-electron chi connectivity index (χ0n) is 9.73. The smallest absolute Gasteiger partial charge is 0.304 e. The van der Waals surface area contributed by atoms with Gasteiger partial charge in [-0.25, -0.2) is 0 Å². The minimum atomic E-state index is -0.986. The number of hydrogen-bond donors (Lipinski definition) is 2. The summed E-state index contributed by atoms with van der Waals surface area (Å²) in [4.78, 5) is 33.1. The Kier molecular flexibility index (Phi) is 4.43. The molecule has 0 bridgehead atoms. The molecule has 0 saturated carbocycles. The summed E-state index contributed by atoms with van der Waals surface area (Å²) in [6.07, 6.45) is 1.18. The van der Waals surface area contributed by atoms with E-state index in [2.05, 4.69) is 0 Å². The Morgan fingerprint density at radius 2 is 1.94 bits per heavy atom. The zero-order valence-corrected chi connectivity index (χ0v) is 9.73. The van der Waals surface area contributed by atoms with E-state index >= 15 is 0 Å². The first-order chi connectivity index (χ1) is 7.91. The molecule has 0 spiro atoms. The summed E-state index contributed by atoms with van der Waals surface area (Å²) in [6.45, 7) is 1.81. The van der Waals surface area contributed by atoms with E-state index in [0.29, 0.717) is 18.4 Å². The van der Waals surface area contributed by atoms with E-state index in [1.54, 1.807) is 0 Å². The van der Waals surface area contributed by atoms with E-state index in [-0.39, 0.29) is 25.0 Å². The molecule has 0 radical (unpaired) electrons. The van der Waals surface area contributed by atoms with Crippen LogP contribution < -0.4 is 0 Å². The number of carboxylic acids is 2. The van der Waals surface area contributed by atoms with E-state index < -0.39 is 17.9 Å². The predicted octanol–water partition coefficient (Wildman–Crippen LogP) is 1.62. The summed E-state index contributed by atoms with van der Waals surface area (Å²) in [5, 5.41) is 17.3. The Morgan fingerprint density at radius 1 is 1.29 bits per heavy atom. The van der Waals surface area contributed by atoms with E-state index in [9.17, 15) is 14.4 Å². The summed E-state index contributed by atoms with van der Waals surface area (Å²) >= 11 is 0. The second kappa shape index (κ2) is 5.61. The van der Waals surface area contributed by atoms with Crippen molar-refractivity contribution in [3.63, 3.8) is 0 Å². The molecule has 0 aromatic rings. The summed E-state index contributed by atoms with van der Waals surface area (Å²) in [6, 6.07) is 0. The fourth-order valence-corrected chi connectivity index (χ4v) is 2.10. The van der Waals surface area contributed by atoms with Gasteiger partial charge < -0.3 is 10.2 Å². The number of allylic oxidation sites excluding steroid dienone is 2. The average Bonchev–Trinajstić information content (AvgIpc) is 2.21. The van der Waals surface area contributed by atoms with Gasteiger partial charge in [-0.3, -0.25) is 14.4 Å². The Labute approximate surface area is 99.1 Å². The Bertz CT molecular complexity index is 380. The van der Waals surface area contributed by atoms with Crippen molar-refractivity contribution in [2.75, 3.05) is 0 Å². The van der Waals surface area contributed by atoms with Gasteiger partial charge in [-0.2, -0.15) is 0 Å². The topological polar surface area (TPSA) is 91.7 Å². The van der Waals surface area contributed by atoms with Crippen LogP contribution in [0, 0.1) is 5.92 Å². The first-order valence-electron chi connectivity index (χ1n) is 5.58. The van der Waals surface area contributed by atoms with Gasteiger partial charge in [0.25, 0.3) is 0 Å². The number of ketones is 1. The Balaban J connectivity index is 2.75. The molecule has 0 aromatic heterocycles. The van der Waals surface area contributed by atoms with Crippen molar-refractivity contribution in [3.8, 4) is 0 Å². The normalized spacial score (nSPS) is 20.5. The quantitative estimate of drug-likeness (QED) is 0.761. The van der Waals surface area contributed by atoms with Gasteiger partial charge in [0.05, 0.1) is 6.42 Å². The van der Waals surface area contributed by atoms with Gasteiger partial charge in [-0.15, -0.1) is 0 Å². The van der Waals surface area contributed by atoms with Crippen molar-refractivity contribution in [2.24, 2.45) is 5.92 Å². The van der Waals surface area contributed by atoms with Crippen LogP contribution in [0.2, 0.25) is 0 Å². The summed E-state index contributed by atoms with van der Waals surface area (Å²) in [5.41, 5.74) is 1.42. The zero-order chi connectivity index (χ0) is 13.0. The number of Topliss-reactive ketones (excluding diaryl/α,β-unsaturated/α-hetero) is 1. The molecule has 0 heterocycles. The first kappa shape index (κ1) is 13.4. The maximum absolute atomic E-state index is 12.0. The lowest BCUT2D eigenvalue weighted by molar-refractivity contribution is -0.140. The van der Waals surface area contributed by atoms with Gasteiger partial charge in [0.1, 0.15) is 0 Å². The molecule has 0 saturated heterocycles. The molecular formula is C12H16O5. The van der Waals surface area contributed by atoms with Gasteiger partial charge in [0.15, 0.2) is 5.78 Å². The summed E-state index contributed by atoms with van der Waals surface area (Å²) in [5.74, 6) is -2.60. The molecule has 0 amide bonds. The van der Waals surface area contributed by atoms with E-state index in [0.717, 1.165) is 5.57 Å². The lowest BCUT2D eigenvalue weighted by atomic mass is 9.80. The molecule has 0 fully saturated rings. The van der Waals surface area contributed by atoms with Crippen molar-refractivity contribution in [3.05, 3.63) is 11.1 Å². The maximum Gasteiger partial charge on any atom is 0.304 e. The Hall–Kier alpha value is -1.65. The number of hydrogen-bond acceptors (Lipinski definition) is 3. The number of carboxylic acid groups (broad SMARTS) is 2. The van der Waals surface area contributed by atoms with Crippen molar-refractivity contribution in [1.82, 2.24) is 0 Å². The number of carbonyl (C=O) groups excluding carboxylic acids is 1. The summed E-state index contributed by atoms with van der Waals surface area (Å²) in [7, 11) is 0. The van der Waals surface area contributed by atoms with Crippen LogP contribution in [0.3, 0.4) is 0 Å². The van der Waals surface area contributed by atoms with E-state index in [1.165, 1.54) is 0 Å². The van der Waals surface area contributed by atoms with Crippen molar-refractivity contribution in [2.45, 2.75) is 39.0 Å². The minimum Gasteiger partial charge on any atom is -0.481 e. The molecule has 1 unspecified atom stereocenters. The van der Waals surface area contributed by atoms with Gasteiger partial charge >= 0.3 is 11.9 Å². The minimum absolute atomic E-state index is 0.0851. The fourth-order valence-electron chi connectivity index (χ4n) is 2.10. The molecule has 5 heteroatoms. The van der Waals surface area contributed by atoms with Crippen molar-refractivity contribution >= 4 is 17.7 Å². The average molecular weight is 240 g/mol. The van der Waals surface area contributed by atoms with Crippen LogP contribution in [0.25, 0.3) is 0 Å². The molecule has 1 aliphatic carbocycles. The van der Waals surface area contributed by atoms with Crippen LogP contribution >= 0.6 is 0 Å². The summed E-state index contributed by atoms with van der Waals surface area (Å²) < 4.78 is 0. The van der Waals surface area contributed by atoms with Crippen LogP contribution in [0.15, 0.2) is 11.1 Å². The molecule has 2 N–H and O–H groups in total. The van der Waals surface area contributed by atoms with Gasteiger partial charge in [0, 0.05) is 12.3 Å². The van der Waals surface area contributed by atoms with Crippen LogP contribution in [-0.4, -0.2) is 27.9 Å². The molecule has 94 valence electrons. The molecule has 0 aliphatic heterocycles. The largest absolute Gasteiger partial charge is 0.481 e. The monoisotopic (exact) mass is 240 g/mol. The predicted molar refractivity (Wildman–Crippen MR) is 59.6 cm³/mol. The highest BCUT2D eigenvalue weighted by molar-refractivity contribution is 6.00. The van der Waals surface area contributed by atoms with Crippen LogP contribution in [0.4, 0.5) is 0 Å². The molecule has 17 heavy (non-hydrogen) atoms. The third-order valence-corrected chi connectivity index (χ3v) is 3.06. The van der Waals surface area contributed by atoms with E-state index in [1.807, 2.05) is 6.92 Å². The highest BCUT2D eigenvalue weighted by atomic mass is 16.4. The number of rotatable bonds is 5. The van der Waals surface area contributed by atoms with Crippen LogP contribution in [0.5, 0.6) is 0 Å². The fraction of sp³-hybridized carbons (Fsp3) is 0.583. The highest BCUT2D eigenvalue weighted by Gasteiger charge is 2.29. The van der Waals surface area contributed by atoms with E-state index in [4.69, 9.17) is 10.2 Å². The van der Waals surface area contributed by atoms with Crippen molar-refractivity contribution < 1.29 is 24.6 Å².